The minimum absolute atomic E-state index is 0.399. The number of carboxylic acid groups (broad SMARTS) is 1. The number of benzene rings is 1. The van der Waals surface area contributed by atoms with Gasteiger partial charge < -0.3 is 5.11 Å². The number of hydrogen-bond donors (Lipinski definition) is 1. The molecule has 0 aliphatic carbocycles. The molecule has 1 aromatic carbocycles. The number of rotatable bonds is 3. The largest absolute Gasteiger partial charge is 0.478 e. The maximum absolute atomic E-state index is 10.8. The Morgan fingerprint density at radius 3 is 2.77 bits per heavy atom. The van der Waals surface area contributed by atoms with E-state index in [0.29, 0.717) is 5.56 Å². The van der Waals surface area contributed by atoms with Gasteiger partial charge in [-0.15, -0.1) is 0 Å². The summed E-state index contributed by atoms with van der Waals surface area (Å²) in [5.41, 5.74) is 1.29. The van der Waals surface area contributed by atoms with Crippen LogP contribution >= 0.6 is 15.9 Å². The van der Waals surface area contributed by atoms with E-state index in [9.17, 15) is 4.79 Å². The second kappa shape index (κ2) is 4.42. The summed E-state index contributed by atoms with van der Waals surface area (Å²) in [5.74, 6) is -0.857. The second-order valence-corrected chi connectivity index (χ2v) is 3.68. The first-order chi connectivity index (χ1) is 6.16. The molecule has 1 rings (SSSR count). The fourth-order valence-corrected chi connectivity index (χ4v) is 1.83. The summed E-state index contributed by atoms with van der Waals surface area (Å²) in [6, 6.07) is 5.25. The van der Waals surface area contributed by atoms with E-state index >= 15 is 0 Å². The molecular formula is C10H11BrO2. The fourth-order valence-electron chi connectivity index (χ4n) is 1.26. The van der Waals surface area contributed by atoms with Gasteiger partial charge in [-0.25, -0.2) is 4.79 Å². The number of carbonyl (C=O) groups is 1. The van der Waals surface area contributed by atoms with Crippen LogP contribution in [0.25, 0.3) is 0 Å². The summed E-state index contributed by atoms with van der Waals surface area (Å²) in [6.07, 6.45) is 1.74. The van der Waals surface area contributed by atoms with E-state index in [2.05, 4.69) is 15.9 Å². The molecule has 2 nitrogen and oxygen atoms in total. The maximum atomic E-state index is 10.8. The molecule has 0 fully saturated rings. The first-order valence-corrected chi connectivity index (χ1v) is 4.96. The Morgan fingerprint density at radius 1 is 1.54 bits per heavy atom. The zero-order chi connectivity index (χ0) is 9.84. The van der Waals surface area contributed by atoms with Gasteiger partial charge in [-0.3, -0.25) is 0 Å². The molecule has 0 spiro atoms. The normalized spacial score (nSPS) is 10.0. The molecule has 0 aromatic heterocycles. The highest BCUT2D eigenvalue weighted by Gasteiger charge is 2.10. The van der Waals surface area contributed by atoms with Crippen LogP contribution in [0.5, 0.6) is 0 Å². The lowest BCUT2D eigenvalue weighted by molar-refractivity contribution is 0.0695. The lowest BCUT2D eigenvalue weighted by Gasteiger charge is -2.06. The molecule has 0 atom stereocenters. The lowest BCUT2D eigenvalue weighted by Crippen LogP contribution is -2.02. The van der Waals surface area contributed by atoms with Crippen molar-refractivity contribution in [1.82, 2.24) is 0 Å². The SMILES string of the molecule is CCCc1c(Br)cccc1C(=O)O. The van der Waals surface area contributed by atoms with Gasteiger partial charge >= 0.3 is 5.97 Å². The summed E-state index contributed by atoms with van der Waals surface area (Å²) < 4.78 is 0.884. The van der Waals surface area contributed by atoms with Gasteiger partial charge in [0.1, 0.15) is 0 Å². The molecule has 3 heteroatoms. The zero-order valence-electron chi connectivity index (χ0n) is 7.38. The Labute approximate surface area is 85.7 Å². The van der Waals surface area contributed by atoms with Crippen molar-refractivity contribution in [3.63, 3.8) is 0 Å². The summed E-state index contributed by atoms with van der Waals surface area (Å²) in [7, 11) is 0. The summed E-state index contributed by atoms with van der Waals surface area (Å²) in [4.78, 5) is 10.8. The van der Waals surface area contributed by atoms with E-state index in [1.807, 2.05) is 13.0 Å². The minimum atomic E-state index is -0.857. The summed E-state index contributed by atoms with van der Waals surface area (Å²) in [5, 5.41) is 8.90. The van der Waals surface area contributed by atoms with Gasteiger partial charge in [-0.05, 0) is 24.1 Å². The van der Waals surface area contributed by atoms with Crippen molar-refractivity contribution in [3.8, 4) is 0 Å². The molecule has 0 saturated carbocycles. The van der Waals surface area contributed by atoms with Crippen LogP contribution in [0, 0.1) is 0 Å². The van der Waals surface area contributed by atoms with Crippen molar-refractivity contribution in [2.75, 3.05) is 0 Å². The predicted octanol–water partition coefficient (Wildman–Crippen LogP) is 3.10. The van der Waals surface area contributed by atoms with Gasteiger partial charge in [-0.1, -0.05) is 35.3 Å². The third-order valence-corrected chi connectivity index (χ3v) is 2.59. The molecule has 0 aliphatic heterocycles. The molecule has 1 aromatic rings. The van der Waals surface area contributed by atoms with E-state index in [-0.39, 0.29) is 0 Å². The summed E-state index contributed by atoms with van der Waals surface area (Å²) >= 11 is 3.35. The van der Waals surface area contributed by atoms with Crippen molar-refractivity contribution >= 4 is 21.9 Å². The second-order valence-electron chi connectivity index (χ2n) is 2.82. The van der Waals surface area contributed by atoms with Crippen molar-refractivity contribution in [2.45, 2.75) is 19.8 Å². The van der Waals surface area contributed by atoms with Crippen LogP contribution in [0.1, 0.15) is 29.3 Å². The Kier molecular flexibility index (Phi) is 3.48. The lowest BCUT2D eigenvalue weighted by atomic mass is 10.0. The highest BCUT2D eigenvalue weighted by molar-refractivity contribution is 9.10. The molecule has 0 unspecified atom stereocenters. The first-order valence-electron chi connectivity index (χ1n) is 4.17. The molecule has 13 heavy (non-hydrogen) atoms. The number of carboxylic acids is 1. The van der Waals surface area contributed by atoms with Crippen molar-refractivity contribution < 1.29 is 9.90 Å². The van der Waals surface area contributed by atoms with Gasteiger partial charge in [0.2, 0.25) is 0 Å². The number of hydrogen-bond acceptors (Lipinski definition) is 1. The maximum Gasteiger partial charge on any atom is 0.336 e. The topological polar surface area (TPSA) is 37.3 Å². The minimum Gasteiger partial charge on any atom is -0.478 e. The third-order valence-electron chi connectivity index (χ3n) is 1.85. The molecular weight excluding hydrogens is 232 g/mol. The van der Waals surface area contributed by atoms with Crippen molar-refractivity contribution in [2.24, 2.45) is 0 Å². The van der Waals surface area contributed by atoms with Crippen LogP contribution in [0.3, 0.4) is 0 Å². The Hall–Kier alpha value is -0.830. The molecule has 0 heterocycles. The van der Waals surface area contributed by atoms with Gasteiger partial charge in [-0.2, -0.15) is 0 Å². The highest BCUT2D eigenvalue weighted by Crippen LogP contribution is 2.22. The summed E-state index contributed by atoms with van der Waals surface area (Å²) in [6.45, 7) is 2.03. The van der Waals surface area contributed by atoms with Crippen LogP contribution in [0.15, 0.2) is 22.7 Å². The van der Waals surface area contributed by atoms with Gasteiger partial charge in [0, 0.05) is 4.47 Å². The van der Waals surface area contributed by atoms with E-state index in [1.54, 1.807) is 12.1 Å². The Morgan fingerprint density at radius 2 is 2.23 bits per heavy atom. The van der Waals surface area contributed by atoms with E-state index in [0.717, 1.165) is 22.9 Å². The van der Waals surface area contributed by atoms with Gasteiger partial charge in [0.05, 0.1) is 5.56 Å². The fraction of sp³-hybridized carbons (Fsp3) is 0.300. The van der Waals surface area contributed by atoms with Gasteiger partial charge in [0.25, 0.3) is 0 Å². The van der Waals surface area contributed by atoms with Gasteiger partial charge in [0.15, 0.2) is 0 Å². The molecule has 70 valence electrons. The molecule has 0 aliphatic rings. The third kappa shape index (κ3) is 2.31. The monoisotopic (exact) mass is 242 g/mol. The molecule has 1 N–H and O–H groups in total. The van der Waals surface area contributed by atoms with E-state index in [1.165, 1.54) is 0 Å². The standard InChI is InChI=1S/C10H11BrO2/c1-2-4-7-8(10(12)13)5-3-6-9(7)11/h3,5-6H,2,4H2,1H3,(H,12,13). The molecule has 0 bridgehead atoms. The van der Waals surface area contributed by atoms with Crippen LogP contribution < -0.4 is 0 Å². The molecule has 0 radical (unpaired) electrons. The average Bonchev–Trinajstić information content (AvgIpc) is 2.08. The average molecular weight is 243 g/mol. The molecule has 0 amide bonds. The highest BCUT2D eigenvalue weighted by atomic mass is 79.9. The molecule has 0 saturated heterocycles. The van der Waals surface area contributed by atoms with E-state index < -0.39 is 5.97 Å². The number of aromatic carboxylic acids is 1. The Balaban J connectivity index is 3.17. The zero-order valence-corrected chi connectivity index (χ0v) is 8.97. The van der Waals surface area contributed by atoms with Crippen molar-refractivity contribution in [3.05, 3.63) is 33.8 Å². The Bertz CT molecular complexity index is 321. The quantitative estimate of drug-likeness (QED) is 0.885. The van der Waals surface area contributed by atoms with Crippen LogP contribution in [-0.2, 0) is 6.42 Å². The first kappa shape index (κ1) is 10.3. The van der Waals surface area contributed by atoms with E-state index in [4.69, 9.17) is 5.11 Å². The van der Waals surface area contributed by atoms with Crippen LogP contribution in [-0.4, -0.2) is 11.1 Å². The van der Waals surface area contributed by atoms with Crippen molar-refractivity contribution in [1.29, 1.82) is 0 Å². The van der Waals surface area contributed by atoms with Crippen LogP contribution in [0.4, 0.5) is 0 Å². The predicted molar refractivity (Wildman–Crippen MR) is 55.1 cm³/mol. The number of halogens is 1. The smallest absolute Gasteiger partial charge is 0.336 e. The van der Waals surface area contributed by atoms with Crippen LogP contribution in [0.2, 0.25) is 0 Å².